The third kappa shape index (κ3) is 4.71. The molecule has 1 aliphatic heterocycles. The molecule has 7 heteroatoms. The summed E-state index contributed by atoms with van der Waals surface area (Å²) in [4.78, 5) is 11.9. The van der Waals surface area contributed by atoms with Crippen molar-refractivity contribution < 1.29 is 23.7 Å². The van der Waals surface area contributed by atoms with Gasteiger partial charge >= 0.3 is 5.97 Å². The van der Waals surface area contributed by atoms with Gasteiger partial charge in [0.1, 0.15) is 12.4 Å². The van der Waals surface area contributed by atoms with Gasteiger partial charge in [-0.2, -0.15) is 0 Å². The number of esters is 1. The molecule has 0 amide bonds. The van der Waals surface area contributed by atoms with Gasteiger partial charge in [-0.1, -0.05) is 35.3 Å². The van der Waals surface area contributed by atoms with E-state index in [0.29, 0.717) is 46.1 Å². The van der Waals surface area contributed by atoms with Crippen molar-refractivity contribution >= 4 is 29.2 Å². The lowest BCUT2D eigenvalue weighted by atomic mass is 10.2. The van der Waals surface area contributed by atoms with Gasteiger partial charge in [0.15, 0.2) is 18.1 Å². The second-order valence-corrected chi connectivity index (χ2v) is 6.15. The van der Waals surface area contributed by atoms with Crippen molar-refractivity contribution in [3.8, 4) is 17.2 Å². The normalized spacial score (nSPS) is 13.0. The molecule has 0 unspecified atom stereocenters. The smallest absolute Gasteiger partial charge is 0.344 e. The summed E-state index contributed by atoms with van der Waals surface area (Å²) in [5, 5.41) is 0.864. The zero-order valence-corrected chi connectivity index (χ0v) is 14.8. The zero-order valence-electron chi connectivity index (χ0n) is 13.3. The monoisotopic (exact) mass is 382 g/mol. The maximum absolute atomic E-state index is 11.9. The SMILES string of the molecule is O=C(COc1ccccc1Cl)OCc1cc(Cl)c2c(c1)OCCCO2. The predicted molar refractivity (Wildman–Crippen MR) is 93.8 cm³/mol. The summed E-state index contributed by atoms with van der Waals surface area (Å²) in [6, 6.07) is 10.4. The minimum Gasteiger partial charge on any atom is -0.489 e. The number of hydrogen-bond donors (Lipinski definition) is 0. The molecular formula is C18H16Cl2O5. The number of ether oxygens (including phenoxy) is 4. The Bertz CT molecular complexity index is 763. The Hall–Kier alpha value is -2.11. The van der Waals surface area contributed by atoms with Crippen LogP contribution in [0.4, 0.5) is 0 Å². The molecule has 2 aromatic rings. The van der Waals surface area contributed by atoms with Crippen LogP contribution in [0.5, 0.6) is 17.2 Å². The van der Waals surface area contributed by atoms with E-state index in [-0.39, 0.29) is 13.2 Å². The van der Waals surface area contributed by atoms with Crippen molar-refractivity contribution in [3.05, 3.63) is 52.0 Å². The molecule has 0 saturated heterocycles. The van der Waals surface area contributed by atoms with Gasteiger partial charge in [0, 0.05) is 6.42 Å². The van der Waals surface area contributed by atoms with E-state index < -0.39 is 5.97 Å². The molecule has 25 heavy (non-hydrogen) atoms. The molecule has 0 spiro atoms. The third-order valence-electron chi connectivity index (χ3n) is 3.44. The van der Waals surface area contributed by atoms with Gasteiger partial charge in [0.2, 0.25) is 0 Å². The fourth-order valence-electron chi connectivity index (χ4n) is 2.27. The van der Waals surface area contributed by atoms with Crippen LogP contribution in [0.1, 0.15) is 12.0 Å². The van der Waals surface area contributed by atoms with Gasteiger partial charge in [-0.25, -0.2) is 4.79 Å². The highest BCUT2D eigenvalue weighted by atomic mass is 35.5. The van der Waals surface area contributed by atoms with Crippen molar-refractivity contribution in [1.82, 2.24) is 0 Å². The van der Waals surface area contributed by atoms with E-state index in [2.05, 4.69) is 0 Å². The van der Waals surface area contributed by atoms with Crippen molar-refractivity contribution in [2.24, 2.45) is 0 Å². The molecule has 0 fully saturated rings. The van der Waals surface area contributed by atoms with Crippen LogP contribution in [0, 0.1) is 0 Å². The molecule has 1 heterocycles. The van der Waals surface area contributed by atoms with E-state index in [1.54, 1.807) is 36.4 Å². The second kappa shape index (κ2) is 8.32. The lowest BCUT2D eigenvalue weighted by Crippen LogP contribution is -2.15. The quantitative estimate of drug-likeness (QED) is 0.722. The van der Waals surface area contributed by atoms with E-state index in [1.807, 2.05) is 0 Å². The van der Waals surface area contributed by atoms with Gasteiger partial charge in [0.05, 0.1) is 23.3 Å². The van der Waals surface area contributed by atoms with Crippen LogP contribution in [-0.2, 0) is 16.1 Å². The Kier molecular flexibility index (Phi) is 5.89. The molecule has 0 bridgehead atoms. The zero-order chi connectivity index (χ0) is 17.6. The fourth-order valence-corrected chi connectivity index (χ4v) is 2.75. The van der Waals surface area contributed by atoms with Crippen molar-refractivity contribution in [1.29, 1.82) is 0 Å². The van der Waals surface area contributed by atoms with Crippen LogP contribution in [0.25, 0.3) is 0 Å². The number of carbonyl (C=O) groups is 1. The average Bonchev–Trinajstić information content (AvgIpc) is 2.85. The highest BCUT2D eigenvalue weighted by molar-refractivity contribution is 6.32. The molecule has 5 nitrogen and oxygen atoms in total. The summed E-state index contributed by atoms with van der Waals surface area (Å²) in [7, 11) is 0. The number of benzene rings is 2. The van der Waals surface area contributed by atoms with E-state index >= 15 is 0 Å². The maximum atomic E-state index is 11.9. The molecule has 0 aromatic heterocycles. The molecule has 2 aromatic carbocycles. The van der Waals surface area contributed by atoms with Crippen LogP contribution in [-0.4, -0.2) is 25.8 Å². The molecule has 0 atom stereocenters. The fraction of sp³-hybridized carbons (Fsp3) is 0.278. The summed E-state index contributed by atoms with van der Waals surface area (Å²) in [5.74, 6) is 1.00. The first-order valence-corrected chi connectivity index (χ1v) is 8.50. The standard InChI is InChI=1S/C18H16Cl2O5/c19-13-4-1-2-5-15(13)24-11-17(21)25-10-12-8-14(20)18-16(9-12)22-6-3-7-23-18/h1-2,4-5,8-9H,3,6-7,10-11H2. The first kappa shape index (κ1) is 17.7. The molecule has 0 radical (unpaired) electrons. The summed E-state index contributed by atoms with van der Waals surface area (Å²) in [6.45, 7) is 0.932. The minimum atomic E-state index is -0.511. The summed E-state index contributed by atoms with van der Waals surface area (Å²) >= 11 is 12.2. The highest BCUT2D eigenvalue weighted by Gasteiger charge is 2.16. The van der Waals surface area contributed by atoms with E-state index in [4.69, 9.17) is 42.1 Å². The van der Waals surface area contributed by atoms with Crippen LogP contribution in [0.15, 0.2) is 36.4 Å². The van der Waals surface area contributed by atoms with Gasteiger partial charge in [-0.05, 0) is 29.8 Å². The molecule has 0 N–H and O–H groups in total. The maximum Gasteiger partial charge on any atom is 0.344 e. The first-order chi connectivity index (χ1) is 12.1. The molecule has 0 aliphatic carbocycles. The Morgan fingerprint density at radius 1 is 1.08 bits per heavy atom. The summed E-state index contributed by atoms with van der Waals surface area (Å²) < 4.78 is 21.7. The Labute approximate surface area is 155 Å². The highest BCUT2D eigenvalue weighted by Crippen LogP contribution is 2.38. The number of carbonyl (C=O) groups excluding carboxylic acids is 1. The molecular weight excluding hydrogens is 367 g/mol. The second-order valence-electron chi connectivity index (χ2n) is 5.34. The lowest BCUT2D eigenvalue weighted by Gasteiger charge is -2.12. The molecule has 0 saturated carbocycles. The summed E-state index contributed by atoms with van der Waals surface area (Å²) in [5.41, 5.74) is 0.709. The van der Waals surface area contributed by atoms with Crippen molar-refractivity contribution in [2.45, 2.75) is 13.0 Å². The topological polar surface area (TPSA) is 54.0 Å². The molecule has 1 aliphatic rings. The Morgan fingerprint density at radius 2 is 1.88 bits per heavy atom. The van der Waals surface area contributed by atoms with Gasteiger partial charge in [-0.15, -0.1) is 0 Å². The largest absolute Gasteiger partial charge is 0.489 e. The average molecular weight is 383 g/mol. The van der Waals surface area contributed by atoms with Crippen LogP contribution < -0.4 is 14.2 Å². The molecule has 3 rings (SSSR count). The van der Waals surface area contributed by atoms with Crippen LogP contribution in [0.3, 0.4) is 0 Å². The number of rotatable bonds is 5. The third-order valence-corrected chi connectivity index (χ3v) is 4.04. The number of hydrogen-bond acceptors (Lipinski definition) is 5. The number of para-hydroxylation sites is 1. The number of halogens is 2. The van der Waals surface area contributed by atoms with Crippen LogP contribution in [0.2, 0.25) is 10.0 Å². The van der Waals surface area contributed by atoms with Crippen LogP contribution >= 0.6 is 23.2 Å². The van der Waals surface area contributed by atoms with E-state index in [9.17, 15) is 4.79 Å². The van der Waals surface area contributed by atoms with Gasteiger partial charge < -0.3 is 18.9 Å². The first-order valence-electron chi connectivity index (χ1n) is 7.74. The lowest BCUT2D eigenvalue weighted by molar-refractivity contribution is -0.147. The van der Waals surface area contributed by atoms with Gasteiger partial charge in [0.25, 0.3) is 0 Å². The number of fused-ring (bicyclic) bond motifs is 1. The van der Waals surface area contributed by atoms with E-state index in [1.165, 1.54) is 0 Å². The van der Waals surface area contributed by atoms with Crippen molar-refractivity contribution in [2.75, 3.05) is 19.8 Å². The van der Waals surface area contributed by atoms with Gasteiger partial charge in [-0.3, -0.25) is 0 Å². The Morgan fingerprint density at radius 3 is 2.72 bits per heavy atom. The summed E-state index contributed by atoms with van der Waals surface area (Å²) in [6.07, 6.45) is 0.786. The predicted octanol–water partition coefficient (Wildman–Crippen LogP) is 4.28. The minimum absolute atomic E-state index is 0.0566. The Balaban J connectivity index is 1.56. The van der Waals surface area contributed by atoms with Crippen molar-refractivity contribution in [3.63, 3.8) is 0 Å². The molecule has 132 valence electrons. The van der Waals surface area contributed by atoms with E-state index in [0.717, 1.165) is 6.42 Å².